The van der Waals surface area contributed by atoms with E-state index in [0.29, 0.717) is 15.8 Å². The van der Waals surface area contributed by atoms with Crippen LogP contribution in [0.4, 0.5) is 11.4 Å². The molecule has 1 aliphatic rings. The van der Waals surface area contributed by atoms with Crippen LogP contribution in [-0.2, 0) is 9.53 Å². The number of hydrogen-bond donors (Lipinski definition) is 3. The number of aromatic nitrogens is 2. The van der Waals surface area contributed by atoms with Gasteiger partial charge in [-0.3, -0.25) is 9.78 Å². The second kappa shape index (κ2) is 10.6. The van der Waals surface area contributed by atoms with Crippen LogP contribution >= 0.6 is 23.8 Å². The number of thiocarbonyl (C=S) groups is 1. The Morgan fingerprint density at radius 1 is 1.14 bits per heavy atom. The molecule has 1 saturated heterocycles. The van der Waals surface area contributed by atoms with Gasteiger partial charge in [-0.2, -0.15) is 0 Å². The molecule has 2 unspecified atom stereocenters. The quantitative estimate of drug-likeness (QED) is 0.288. The van der Waals surface area contributed by atoms with Gasteiger partial charge in [0.2, 0.25) is 5.91 Å². The van der Waals surface area contributed by atoms with Crippen LogP contribution in [0.3, 0.4) is 0 Å². The minimum atomic E-state index is -0.296. The van der Waals surface area contributed by atoms with Crippen molar-refractivity contribution in [3.8, 4) is 11.4 Å². The Labute approximate surface area is 224 Å². The summed E-state index contributed by atoms with van der Waals surface area (Å²) in [6.07, 6.45) is 3.73. The van der Waals surface area contributed by atoms with Crippen molar-refractivity contribution in [2.75, 3.05) is 23.9 Å². The highest BCUT2D eigenvalue weighted by molar-refractivity contribution is 7.80. The molecule has 10 heteroatoms. The smallest absolute Gasteiger partial charge is 0.250 e. The normalized spacial score (nSPS) is 17.0. The SMILES string of the molecule is COCC(=O)Nc1ccc(N2C(=S)NC(c3ccccn3)C2c2cccn2-c2ccc(O)cc2)cc1Cl. The van der Waals surface area contributed by atoms with E-state index in [9.17, 15) is 9.90 Å². The molecule has 5 rings (SSSR count). The van der Waals surface area contributed by atoms with E-state index in [0.717, 1.165) is 22.8 Å². The first kappa shape index (κ1) is 24.8. The van der Waals surface area contributed by atoms with Crippen LogP contribution in [0, 0.1) is 0 Å². The predicted octanol–water partition coefficient (Wildman–Crippen LogP) is 4.99. The Bertz CT molecular complexity index is 1430. The molecular formula is C27H24ClN5O3S. The van der Waals surface area contributed by atoms with Crippen molar-refractivity contribution >= 4 is 46.2 Å². The molecule has 0 aliphatic carbocycles. The van der Waals surface area contributed by atoms with Crippen LogP contribution in [0.15, 0.2) is 85.2 Å². The first-order chi connectivity index (χ1) is 18.0. The van der Waals surface area contributed by atoms with Crippen molar-refractivity contribution in [2.45, 2.75) is 12.1 Å². The molecular weight excluding hydrogens is 510 g/mol. The highest BCUT2D eigenvalue weighted by Crippen LogP contribution is 2.43. The summed E-state index contributed by atoms with van der Waals surface area (Å²) in [5.74, 6) is -0.100. The second-order valence-corrected chi connectivity index (χ2v) is 9.26. The molecule has 3 heterocycles. The lowest BCUT2D eigenvalue weighted by Gasteiger charge is -2.29. The molecule has 188 valence electrons. The molecule has 3 N–H and O–H groups in total. The number of pyridine rings is 1. The molecule has 37 heavy (non-hydrogen) atoms. The van der Waals surface area contributed by atoms with E-state index in [-0.39, 0.29) is 30.3 Å². The van der Waals surface area contributed by atoms with Gasteiger partial charge in [-0.1, -0.05) is 17.7 Å². The number of hydrogen-bond acceptors (Lipinski definition) is 5. The number of aromatic hydroxyl groups is 1. The van der Waals surface area contributed by atoms with Gasteiger partial charge in [0, 0.05) is 36.6 Å². The number of nitrogens with one attached hydrogen (secondary N) is 2. The summed E-state index contributed by atoms with van der Waals surface area (Å²) in [6.45, 7) is -0.0692. The Morgan fingerprint density at radius 3 is 2.62 bits per heavy atom. The lowest BCUT2D eigenvalue weighted by atomic mass is 10.0. The zero-order valence-electron chi connectivity index (χ0n) is 19.8. The lowest BCUT2D eigenvalue weighted by Crippen LogP contribution is -2.30. The summed E-state index contributed by atoms with van der Waals surface area (Å²) in [7, 11) is 1.46. The molecule has 1 amide bonds. The average Bonchev–Trinajstić information content (AvgIpc) is 3.51. The Balaban J connectivity index is 1.58. The molecule has 0 saturated carbocycles. The third-order valence-electron chi connectivity index (χ3n) is 6.09. The van der Waals surface area contributed by atoms with Gasteiger partial charge in [0.1, 0.15) is 18.4 Å². The maximum absolute atomic E-state index is 12.0. The van der Waals surface area contributed by atoms with Crippen molar-refractivity contribution < 1.29 is 14.6 Å². The summed E-state index contributed by atoms with van der Waals surface area (Å²) in [6, 6.07) is 21.7. The van der Waals surface area contributed by atoms with E-state index in [1.807, 2.05) is 59.6 Å². The number of carbonyl (C=O) groups is 1. The van der Waals surface area contributed by atoms with Gasteiger partial charge in [0.05, 0.1) is 22.4 Å². The number of methoxy groups -OCH3 is 1. The van der Waals surface area contributed by atoms with Crippen LogP contribution < -0.4 is 15.5 Å². The van der Waals surface area contributed by atoms with E-state index in [2.05, 4.69) is 20.2 Å². The molecule has 2 aromatic heterocycles. The number of nitrogens with zero attached hydrogens (tertiary/aromatic N) is 3. The number of anilines is 2. The first-order valence-electron chi connectivity index (χ1n) is 11.5. The largest absolute Gasteiger partial charge is 0.508 e. The maximum atomic E-state index is 12.0. The Hall–Kier alpha value is -3.92. The van der Waals surface area contributed by atoms with Gasteiger partial charge in [0.25, 0.3) is 0 Å². The minimum absolute atomic E-state index is 0.0692. The van der Waals surface area contributed by atoms with Crippen LogP contribution in [0.5, 0.6) is 5.75 Å². The van der Waals surface area contributed by atoms with Crippen LogP contribution in [0.25, 0.3) is 5.69 Å². The fourth-order valence-electron chi connectivity index (χ4n) is 4.49. The number of halogens is 1. The van der Waals surface area contributed by atoms with Crippen LogP contribution in [-0.4, -0.2) is 39.4 Å². The third kappa shape index (κ3) is 5.01. The molecule has 2 aromatic carbocycles. The monoisotopic (exact) mass is 533 g/mol. The Kier molecular flexibility index (Phi) is 7.09. The van der Waals surface area contributed by atoms with E-state index in [4.69, 9.17) is 28.6 Å². The van der Waals surface area contributed by atoms with Crippen molar-refractivity contribution in [1.82, 2.24) is 14.9 Å². The average molecular weight is 534 g/mol. The molecule has 0 radical (unpaired) electrons. The number of carbonyl (C=O) groups excluding carboxylic acids is 1. The van der Waals surface area contributed by atoms with Crippen molar-refractivity contribution in [2.24, 2.45) is 0 Å². The molecule has 4 aromatic rings. The van der Waals surface area contributed by atoms with Gasteiger partial charge in [-0.15, -0.1) is 0 Å². The molecule has 0 bridgehead atoms. The molecule has 1 fully saturated rings. The minimum Gasteiger partial charge on any atom is -0.508 e. The summed E-state index contributed by atoms with van der Waals surface area (Å²) in [5.41, 5.74) is 3.93. The first-order valence-corrected chi connectivity index (χ1v) is 12.3. The van der Waals surface area contributed by atoms with Gasteiger partial charge in [-0.25, -0.2) is 0 Å². The molecule has 1 aliphatic heterocycles. The lowest BCUT2D eigenvalue weighted by molar-refractivity contribution is -0.119. The number of phenols is 1. The second-order valence-electron chi connectivity index (χ2n) is 8.46. The van der Waals surface area contributed by atoms with Crippen molar-refractivity contribution in [3.05, 3.63) is 102 Å². The maximum Gasteiger partial charge on any atom is 0.250 e. The fraction of sp³-hybridized carbons (Fsp3) is 0.148. The van der Waals surface area contributed by atoms with E-state index < -0.39 is 0 Å². The van der Waals surface area contributed by atoms with Gasteiger partial charge < -0.3 is 29.9 Å². The topological polar surface area (TPSA) is 91.7 Å². The summed E-state index contributed by atoms with van der Waals surface area (Å²) in [4.78, 5) is 18.6. The number of phenolic OH excluding ortho intramolecular Hbond substituents is 1. The fourth-order valence-corrected chi connectivity index (χ4v) is 5.06. The van der Waals surface area contributed by atoms with Crippen molar-refractivity contribution in [3.63, 3.8) is 0 Å². The van der Waals surface area contributed by atoms with E-state index in [1.54, 1.807) is 30.5 Å². The van der Waals surface area contributed by atoms with Crippen molar-refractivity contribution in [1.29, 1.82) is 0 Å². The number of ether oxygens (including phenoxy) is 1. The summed E-state index contributed by atoms with van der Waals surface area (Å²) >= 11 is 12.4. The summed E-state index contributed by atoms with van der Waals surface area (Å²) in [5, 5.41) is 16.9. The highest BCUT2D eigenvalue weighted by Gasteiger charge is 2.42. The summed E-state index contributed by atoms with van der Waals surface area (Å²) < 4.78 is 6.95. The molecule has 8 nitrogen and oxygen atoms in total. The highest BCUT2D eigenvalue weighted by atomic mass is 35.5. The predicted molar refractivity (Wildman–Crippen MR) is 147 cm³/mol. The number of rotatable bonds is 7. The zero-order valence-corrected chi connectivity index (χ0v) is 21.4. The Morgan fingerprint density at radius 2 is 1.92 bits per heavy atom. The van der Waals surface area contributed by atoms with Gasteiger partial charge in [-0.05, 0) is 78.9 Å². The van der Waals surface area contributed by atoms with E-state index in [1.165, 1.54) is 7.11 Å². The standard InChI is InChI=1S/C27H24ClN5O3S/c1-36-16-24(35)30-21-12-9-18(15-20(21)28)33-26(25(31-27(33)37)22-5-2-3-13-29-22)23-6-4-14-32(23)17-7-10-19(34)11-8-17/h2-15,25-26,34H,16H2,1H3,(H,30,35)(H,31,37). The van der Waals surface area contributed by atoms with Crippen LogP contribution in [0.1, 0.15) is 23.5 Å². The van der Waals surface area contributed by atoms with Crippen LogP contribution in [0.2, 0.25) is 5.02 Å². The third-order valence-corrected chi connectivity index (χ3v) is 6.72. The van der Waals surface area contributed by atoms with E-state index >= 15 is 0 Å². The number of amides is 1. The van der Waals surface area contributed by atoms with Gasteiger partial charge >= 0.3 is 0 Å². The number of benzene rings is 2. The van der Waals surface area contributed by atoms with Gasteiger partial charge in [0.15, 0.2) is 5.11 Å². The molecule has 2 atom stereocenters. The molecule has 0 spiro atoms. The zero-order chi connectivity index (χ0) is 25.9.